The molecule has 0 spiro atoms. The second-order valence-electron chi connectivity index (χ2n) is 8.82. The first-order valence-corrected chi connectivity index (χ1v) is 13.5. The van der Waals surface area contributed by atoms with E-state index in [-0.39, 0.29) is 28.6 Å². The number of rotatable bonds is 10. The summed E-state index contributed by atoms with van der Waals surface area (Å²) in [5.74, 6) is -1.14. The maximum absolute atomic E-state index is 13.2. The smallest absolute Gasteiger partial charge is 0.276 e. The normalized spacial score (nSPS) is 10.9. The van der Waals surface area contributed by atoms with Crippen molar-refractivity contribution in [1.82, 2.24) is 5.32 Å². The van der Waals surface area contributed by atoms with Crippen LogP contribution in [0.4, 0.5) is 17.1 Å². The average Bonchev–Trinajstić information content (AvgIpc) is 2.98. The Morgan fingerprint density at radius 1 is 0.829 bits per heavy atom. The molecule has 0 fully saturated rings. The molecule has 4 aromatic carbocycles. The fraction of sp³-hybridized carbons (Fsp3) is 0.0645. The average molecular weight is 567 g/mol. The zero-order valence-corrected chi connectivity index (χ0v) is 22.8. The highest BCUT2D eigenvalue weighted by Crippen LogP contribution is 2.23. The molecule has 0 radical (unpaired) electrons. The van der Waals surface area contributed by atoms with Crippen LogP contribution in [0, 0.1) is 17.0 Å². The standard InChI is InChI=1S/C31H26N4O5S/c1-21-9-5-7-13-26(21)33-29(36)20-41-25-17-15-24(16-18-25)32-31(38)27(34-30(37)22-10-3-2-4-11-22)19-23-12-6-8-14-28(23)35(39)40/h2-19H,20H2,1H3,(H,32,38)(H,33,36)(H,34,37)/b27-19-. The molecule has 0 saturated heterocycles. The first-order chi connectivity index (χ1) is 19.8. The molecule has 0 atom stereocenters. The van der Waals surface area contributed by atoms with Crippen LogP contribution in [0.15, 0.2) is 114 Å². The molecule has 0 aliphatic carbocycles. The van der Waals surface area contributed by atoms with E-state index >= 15 is 0 Å². The molecule has 3 amide bonds. The lowest BCUT2D eigenvalue weighted by atomic mass is 10.1. The number of nitro groups is 1. The van der Waals surface area contributed by atoms with Crippen molar-refractivity contribution < 1.29 is 19.3 Å². The summed E-state index contributed by atoms with van der Waals surface area (Å²) in [6.07, 6.45) is 1.27. The first-order valence-electron chi connectivity index (χ1n) is 12.5. The number of carbonyl (C=O) groups excluding carboxylic acids is 3. The maximum atomic E-state index is 13.2. The lowest BCUT2D eigenvalue weighted by Crippen LogP contribution is -2.30. The number of hydrogen-bond acceptors (Lipinski definition) is 6. The lowest BCUT2D eigenvalue weighted by Gasteiger charge is -2.12. The van der Waals surface area contributed by atoms with Gasteiger partial charge >= 0.3 is 0 Å². The monoisotopic (exact) mass is 566 g/mol. The maximum Gasteiger partial charge on any atom is 0.276 e. The van der Waals surface area contributed by atoms with Gasteiger partial charge in [-0.3, -0.25) is 24.5 Å². The van der Waals surface area contributed by atoms with Crippen molar-refractivity contribution in [2.45, 2.75) is 11.8 Å². The fourth-order valence-corrected chi connectivity index (χ4v) is 4.45. The van der Waals surface area contributed by atoms with Crippen LogP contribution >= 0.6 is 11.8 Å². The van der Waals surface area contributed by atoms with Gasteiger partial charge in [-0.05, 0) is 67.1 Å². The van der Waals surface area contributed by atoms with Gasteiger partial charge in [0.2, 0.25) is 5.91 Å². The summed E-state index contributed by atoms with van der Waals surface area (Å²) in [6, 6.07) is 28.6. The van der Waals surface area contributed by atoms with Crippen LogP contribution in [-0.4, -0.2) is 28.4 Å². The summed E-state index contributed by atoms with van der Waals surface area (Å²) in [7, 11) is 0. The summed E-state index contributed by atoms with van der Waals surface area (Å²) < 4.78 is 0. The van der Waals surface area contributed by atoms with E-state index in [1.54, 1.807) is 60.7 Å². The first kappa shape index (κ1) is 28.8. The number of benzene rings is 4. The molecule has 4 rings (SSSR count). The Kier molecular flexibility index (Phi) is 9.63. The van der Waals surface area contributed by atoms with Crippen LogP contribution in [-0.2, 0) is 9.59 Å². The Morgan fingerprint density at radius 2 is 1.49 bits per heavy atom. The zero-order chi connectivity index (χ0) is 29.2. The number of nitrogens with one attached hydrogen (secondary N) is 3. The van der Waals surface area contributed by atoms with Crippen molar-refractivity contribution >= 4 is 52.6 Å². The summed E-state index contributed by atoms with van der Waals surface area (Å²) >= 11 is 1.34. The lowest BCUT2D eigenvalue weighted by molar-refractivity contribution is -0.385. The molecule has 0 unspecified atom stereocenters. The highest BCUT2D eigenvalue weighted by molar-refractivity contribution is 8.00. The number of hydrogen-bond donors (Lipinski definition) is 3. The highest BCUT2D eigenvalue weighted by atomic mass is 32.2. The number of amides is 3. The molecular weight excluding hydrogens is 540 g/mol. The number of carbonyl (C=O) groups is 3. The van der Waals surface area contributed by atoms with Gasteiger partial charge < -0.3 is 16.0 Å². The molecule has 0 aromatic heterocycles. The van der Waals surface area contributed by atoms with Crippen molar-refractivity contribution in [1.29, 1.82) is 0 Å². The molecule has 0 heterocycles. The third kappa shape index (κ3) is 8.13. The van der Waals surface area contributed by atoms with Gasteiger partial charge in [-0.15, -0.1) is 11.8 Å². The number of thioether (sulfide) groups is 1. The molecule has 0 saturated carbocycles. The molecule has 41 heavy (non-hydrogen) atoms. The second kappa shape index (κ2) is 13.7. The van der Waals surface area contributed by atoms with Gasteiger partial charge in [0, 0.05) is 27.9 Å². The van der Waals surface area contributed by atoms with Gasteiger partial charge in [0.05, 0.1) is 16.2 Å². The van der Waals surface area contributed by atoms with E-state index in [2.05, 4.69) is 16.0 Å². The largest absolute Gasteiger partial charge is 0.325 e. The molecule has 9 nitrogen and oxygen atoms in total. The van der Waals surface area contributed by atoms with E-state index in [0.717, 1.165) is 16.1 Å². The van der Waals surface area contributed by atoms with Gasteiger partial charge in [-0.2, -0.15) is 0 Å². The Hall–Kier alpha value is -5.22. The summed E-state index contributed by atoms with van der Waals surface area (Å²) in [4.78, 5) is 50.2. The van der Waals surface area contributed by atoms with Gasteiger partial charge in [0.1, 0.15) is 5.70 Å². The van der Waals surface area contributed by atoms with Gasteiger partial charge in [0.25, 0.3) is 17.5 Å². The SMILES string of the molecule is Cc1ccccc1NC(=O)CSc1ccc(NC(=O)/C(=C/c2ccccc2[N+](=O)[O-])NC(=O)c2ccccc2)cc1. The van der Waals surface area contributed by atoms with E-state index in [4.69, 9.17) is 0 Å². The van der Waals surface area contributed by atoms with Crippen LogP contribution in [0.1, 0.15) is 21.5 Å². The van der Waals surface area contributed by atoms with Gasteiger partial charge in [-0.1, -0.05) is 48.5 Å². The number of anilines is 2. The molecule has 10 heteroatoms. The minimum Gasteiger partial charge on any atom is -0.325 e. The molecule has 206 valence electrons. The van der Waals surface area contributed by atoms with Crippen molar-refractivity contribution in [3.05, 3.63) is 136 Å². The van der Waals surface area contributed by atoms with E-state index in [1.807, 2.05) is 31.2 Å². The summed E-state index contributed by atoms with van der Waals surface area (Å²) in [6.45, 7) is 1.92. The van der Waals surface area contributed by atoms with E-state index in [1.165, 1.54) is 36.0 Å². The van der Waals surface area contributed by atoms with E-state index in [9.17, 15) is 24.5 Å². The number of aryl methyl sites for hydroxylation is 1. The van der Waals surface area contributed by atoms with Crippen molar-refractivity contribution in [2.24, 2.45) is 0 Å². The van der Waals surface area contributed by atoms with E-state index < -0.39 is 16.7 Å². The van der Waals surface area contributed by atoms with Crippen LogP contribution in [0.25, 0.3) is 6.08 Å². The van der Waals surface area contributed by atoms with E-state index in [0.29, 0.717) is 11.3 Å². The Balaban J connectivity index is 1.46. The zero-order valence-electron chi connectivity index (χ0n) is 22.0. The van der Waals surface area contributed by atoms with Crippen LogP contribution < -0.4 is 16.0 Å². The van der Waals surface area contributed by atoms with Crippen molar-refractivity contribution in [2.75, 3.05) is 16.4 Å². The van der Waals surface area contributed by atoms with Crippen LogP contribution in [0.5, 0.6) is 0 Å². The summed E-state index contributed by atoms with van der Waals surface area (Å²) in [5, 5.41) is 19.7. The quantitative estimate of drug-likeness (QED) is 0.0928. The molecule has 0 aliphatic rings. The predicted molar refractivity (Wildman–Crippen MR) is 161 cm³/mol. The Morgan fingerprint density at radius 3 is 2.20 bits per heavy atom. The van der Waals surface area contributed by atoms with Crippen LogP contribution in [0.3, 0.4) is 0 Å². The molecule has 0 aliphatic heterocycles. The van der Waals surface area contributed by atoms with Crippen molar-refractivity contribution in [3.8, 4) is 0 Å². The second-order valence-corrected chi connectivity index (χ2v) is 9.87. The molecule has 4 aromatic rings. The minimum atomic E-state index is -0.662. The van der Waals surface area contributed by atoms with Gasteiger partial charge in [-0.25, -0.2) is 0 Å². The van der Waals surface area contributed by atoms with Crippen molar-refractivity contribution in [3.63, 3.8) is 0 Å². The molecular formula is C31H26N4O5S. The third-order valence-corrected chi connectivity index (χ3v) is 6.88. The number of nitro benzene ring substituents is 1. The predicted octanol–water partition coefficient (Wildman–Crippen LogP) is 6.04. The minimum absolute atomic E-state index is 0.138. The topological polar surface area (TPSA) is 130 Å². The number of para-hydroxylation sites is 2. The fourth-order valence-electron chi connectivity index (χ4n) is 3.76. The summed E-state index contributed by atoms with van der Waals surface area (Å²) in [5.41, 5.74) is 2.28. The van der Waals surface area contributed by atoms with Gasteiger partial charge in [0.15, 0.2) is 0 Å². The molecule has 0 bridgehead atoms. The number of nitrogens with zero attached hydrogens (tertiary/aromatic N) is 1. The highest BCUT2D eigenvalue weighted by Gasteiger charge is 2.18. The Labute approximate surface area is 240 Å². The Bertz CT molecular complexity index is 1600. The van der Waals surface area contributed by atoms with Crippen LogP contribution in [0.2, 0.25) is 0 Å². The molecule has 3 N–H and O–H groups in total. The third-order valence-electron chi connectivity index (χ3n) is 5.86.